The van der Waals surface area contributed by atoms with Gasteiger partial charge in [-0.25, -0.2) is 19.6 Å². The van der Waals surface area contributed by atoms with Gasteiger partial charge >= 0.3 is 11.9 Å². The van der Waals surface area contributed by atoms with Gasteiger partial charge in [0.05, 0.1) is 22.7 Å². The van der Waals surface area contributed by atoms with Crippen LogP contribution in [0.1, 0.15) is 36.6 Å². The summed E-state index contributed by atoms with van der Waals surface area (Å²) in [6, 6.07) is 15.5. The molecule has 190 valence electrons. The van der Waals surface area contributed by atoms with Gasteiger partial charge in [-0.3, -0.25) is 9.69 Å². The van der Waals surface area contributed by atoms with E-state index < -0.39 is 17.8 Å². The first-order chi connectivity index (χ1) is 17.9. The van der Waals surface area contributed by atoms with E-state index in [9.17, 15) is 19.5 Å². The van der Waals surface area contributed by atoms with Crippen LogP contribution in [0.5, 0.6) is 0 Å². The molecule has 10 nitrogen and oxygen atoms in total. The normalized spacial score (nSPS) is 14.9. The van der Waals surface area contributed by atoms with E-state index in [2.05, 4.69) is 20.2 Å². The van der Waals surface area contributed by atoms with Crippen molar-refractivity contribution in [2.24, 2.45) is 0 Å². The van der Waals surface area contributed by atoms with Crippen LogP contribution >= 0.6 is 0 Å². The van der Waals surface area contributed by atoms with E-state index in [4.69, 9.17) is 5.11 Å². The maximum Gasteiger partial charge on any atom is 0.338 e. The van der Waals surface area contributed by atoms with E-state index in [-0.39, 0.29) is 22.7 Å². The van der Waals surface area contributed by atoms with E-state index in [1.54, 1.807) is 12.1 Å². The van der Waals surface area contributed by atoms with Crippen molar-refractivity contribution in [2.75, 3.05) is 37.6 Å². The number of carbonyl (C=O) groups is 3. The van der Waals surface area contributed by atoms with E-state index in [1.807, 2.05) is 47.4 Å². The Kier molecular flexibility index (Phi) is 8.22. The summed E-state index contributed by atoms with van der Waals surface area (Å²) >= 11 is 0. The summed E-state index contributed by atoms with van der Waals surface area (Å²) in [4.78, 5) is 48.2. The van der Waals surface area contributed by atoms with Gasteiger partial charge in [0.15, 0.2) is 0 Å². The molecule has 1 aromatic heterocycles. The average molecular weight is 502 g/mol. The minimum atomic E-state index is -1.16. The Morgan fingerprint density at radius 1 is 0.865 bits per heavy atom. The zero-order valence-electron chi connectivity index (χ0n) is 20.0. The molecule has 37 heavy (non-hydrogen) atoms. The topological polar surface area (TPSA) is 136 Å². The maximum absolute atomic E-state index is 13.1. The molecule has 1 aliphatic heterocycles. The molecule has 0 bridgehead atoms. The van der Waals surface area contributed by atoms with Crippen LogP contribution in [0.15, 0.2) is 73.1 Å². The van der Waals surface area contributed by atoms with Gasteiger partial charge in [0, 0.05) is 45.1 Å². The Morgan fingerprint density at radius 2 is 1.49 bits per heavy atom. The number of carboxylic acid groups (broad SMARTS) is 2. The lowest BCUT2D eigenvalue weighted by Gasteiger charge is -2.36. The van der Waals surface area contributed by atoms with Gasteiger partial charge in [-0.05, 0) is 17.7 Å². The molecule has 1 saturated heterocycles. The molecule has 1 fully saturated rings. The van der Waals surface area contributed by atoms with Crippen molar-refractivity contribution in [3.05, 3.63) is 95.3 Å². The summed E-state index contributed by atoms with van der Waals surface area (Å²) in [5.41, 5.74) is 1.09. The molecule has 1 atom stereocenters. The van der Waals surface area contributed by atoms with Crippen molar-refractivity contribution in [1.82, 2.24) is 20.2 Å². The van der Waals surface area contributed by atoms with Gasteiger partial charge in [0.1, 0.15) is 0 Å². The van der Waals surface area contributed by atoms with Crippen LogP contribution in [-0.4, -0.2) is 81.7 Å². The monoisotopic (exact) mass is 501 g/mol. The number of carboxylic acids is 2. The first kappa shape index (κ1) is 25.5. The third-order valence-corrected chi connectivity index (χ3v) is 6.03. The molecule has 3 aromatic rings. The third-order valence-electron chi connectivity index (χ3n) is 6.03. The van der Waals surface area contributed by atoms with Crippen molar-refractivity contribution in [1.29, 1.82) is 0 Å². The van der Waals surface area contributed by atoms with Crippen molar-refractivity contribution in [2.45, 2.75) is 6.04 Å². The fourth-order valence-corrected chi connectivity index (χ4v) is 4.06. The SMILES string of the molecule is O=C(O)c1cnc(N2CCN(CC(C=Cc3ccccc3)NC(=O)c3ccccc3C(=O)O)CC2)nc1. The van der Waals surface area contributed by atoms with Crippen LogP contribution in [0.2, 0.25) is 0 Å². The lowest BCUT2D eigenvalue weighted by molar-refractivity contribution is 0.0683. The zero-order chi connectivity index (χ0) is 26.2. The minimum absolute atomic E-state index is 0.0376. The fraction of sp³-hybridized carbons (Fsp3) is 0.222. The van der Waals surface area contributed by atoms with E-state index in [0.717, 1.165) is 5.56 Å². The van der Waals surface area contributed by atoms with Crippen molar-refractivity contribution in [3.8, 4) is 0 Å². The van der Waals surface area contributed by atoms with Gasteiger partial charge in [-0.2, -0.15) is 0 Å². The second-order valence-corrected chi connectivity index (χ2v) is 8.57. The molecule has 0 radical (unpaired) electrons. The predicted octanol–water partition coefficient (Wildman–Crippen LogP) is 2.51. The van der Waals surface area contributed by atoms with Crippen LogP contribution in [-0.2, 0) is 0 Å². The Labute approximate surface area is 213 Å². The third kappa shape index (κ3) is 6.77. The van der Waals surface area contributed by atoms with Crippen LogP contribution in [0.3, 0.4) is 0 Å². The molecule has 3 N–H and O–H groups in total. The number of hydrogen-bond donors (Lipinski definition) is 3. The quantitative estimate of drug-likeness (QED) is 0.404. The molecule has 1 unspecified atom stereocenters. The number of aromatic carboxylic acids is 2. The molecular weight excluding hydrogens is 474 g/mol. The number of benzene rings is 2. The van der Waals surface area contributed by atoms with E-state index >= 15 is 0 Å². The number of anilines is 1. The highest BCUT2D eigenvalue weighted by Crippen LogP contribution is 2.14. The lowest BCUT2D eigenvalue weighted by Crippen LogP contribution is -2.51. The van der Waals surface area contributed by atoms with Crippen LogP contribution in [0.4, 0.5) is 5.95 Å². The maximum atomic E-state index is 13.1. The highest BCUT2D eigenvalue weighted by Gasteiger charge is 2.23. The Morgan fingerprint density at radius 3 is 2.11 bits per heavy atom. The van der Waals surface area contributed by atoms with E-state index in [1.165, 1.54) is 24.5 Å². The van der Waals surface area contributed by atoms with Gasteiger partial charge in [-0.15, -0.1) is 0 Å². The second-order valence-electron chi connectivity index (χ2n) is 8.57. The number of aromatic nitrogens is 2. The number of carbonyl (C=O) groups excluding carboxylic acids is 1. The molecule has 1 aliphatic rings. The van der Waals surface area contributed by atoms with E-state index in [0.29, 0.717) is 38.7 Å². The van der Waals surface area contributed by atoms with Gasteiger partial charge in [0.25, 0.3) is 5.91 Å². The summed E-state index contributed by atoms with van der Waals surface area (Å²) in [6.07, 6.45) is 6.44. The van der Waals surface area contributed by atoms with Crippen LogP contribution in [0.25, 0.3) is 6.08 Å². The average Bonchev–Trinajstić information content (AvgIpc) is 2.92. The standard InChI is InChI=1S/C27H27N5O5/c33-24(22-8-4-5-9-23(22)26(36)37)30-21(11-10-19-6-2-1-3-7-19)18-31-12-14-32(15-13-31)27-28-16-20(17-29-27)25(34)35/h1-11,16-17,21H,12-15,18H2,(H,30,33)(H,34,35)(H,36,37). The molecule has 4 rings (SSSR count). The number of piperazine rings is 1. The lowest BCUT2D eigenvalue weighted by atomic mass is 10.1. The Balaban J connectivity index is 1.44. The zero-order valence-corrected chi connectivity index (χ0v) is 20.0. The summed E-state index contributed by atoms with van der Waals surface area (Å²) in [5.74, 6) is -2.20. The first-order valence-corrected chi connectivity index (χ1v) is 11.8. The molecule has 2 aromatic carbocycles. The largest absolute Gasteiger partial charge is 0.478 e. The Bertz CT molecular complexity index is 1270. The minimum Gasteiger partial charge on any atom is -0.478 e. The number of nitrogens with one attached hydrogen (secondary N) is 1. The molecule has 0 saturated carbocycles. The summed E-state index contributed by atoms with van der Waals surface area (Å²) in [6.45, 7) is 3.16. The summed E-state index contributed by atoms with van der Waals surface area (Å²) < 4.78 is 0. The van der Waals surface area contributed by atoms with Gasteiger partial charge in [0.2, 0.25) is 5.95 Å². The van der Waals surface area contributed by atoms with Crippen molar-refractivity contribution in [3.63, 3.8) is 0 Å². The van der Waals surface area contributed by atoms with Gasteiger partial charge < -0.3 is 20.4 Å². The van der Waals surface area contributed by atoms with Crippen LogP contribution in [0, 0.1) is 0 Å². The number of hydrogen-bond acceptors (Lipinski definition) is 7. The second kappa shape index (κ2) is 11.9. The number of amides is 1. The molecule has 1 amide bonds. The highest BCUT2D eigenvalue weighted by molar-refractivity contribution is 6.04. The number of rotatable bonds is 9. The summed E-state index contributed by atoms with van der Waals surface area (Å²) in [7, 11) is 0. The van der Waals surface area contributed by atoms with Gasteiger partial charge in [-0.1, -0.05) is 54.6 Å². The first-order valence-electron chi connectivity index (χ1n) is 11.8. The van der Waals surface area contributed by atoms with Crippen LogP contribution < -0.4 is 10.2 Å². The van der Waals surface area contributed by atoms with Crippen molar-refractivity contribution < 1.29 is 24.6 Å². The molecule has 10 heteroatoms. The molecule has 2 heterocycles. The van der Waals surface area contributed by atoms with Crippen molar-refractivity contribution >= 4 is 29.9 Å². The molecule has 0 spiro atoms. The predicted molar refractivity (Wildman–Crippen MR) is 138 cm³/mol. The Hall–Kier alpha value is -4.57. The number of nitrogens with zero attached hydrogens (tertiary/aromatic N) is 4. The highest BCUT2D eigenvalue weighted by atomic mass is 16.4. The molecular formula is C27H27N5O5. The summed E-state index contributed by atoms with van der Waals surface area (Å²) in [5, 5.41) is 21.5. The molecule has 0 aliphatic carbocycles. The smallest absolute Gasteiger partial charge is 0.338 e. The fourth-order valence-electron chi connectivity index (χ4n) is 4.06.